The highest BCUT2D eigenvalue weighted by Gasteiger charge is 2.26. The van der Waals surface area contributed by atoms with Crippen molar-refractivity contribution in [1.82, 2.24) is 9.62 Å². The molecule has 1 atom stereocenters. The van der Waals surface area contributed by atoms with Gasteiger partial charge in [0.15, 0.2) is 5.11 Å². The Hall–Kier alpha value is -1.22. The molecule has 0 radical (unpaired) electrons. The largest absolute Gasteiger partial charge is 0.379 e. The molecule has 2 N–H and O–H groups in total. The summed E-state index contributed by atoms with van der Waals surface area (Å²) in [5.41, 5.74) is 0.756. The van der Waals surface area contributed by atoms with Crippen LogP contribution in [0.4, 0.5) is 5.69 Å². The lowest BCUT2D eigenvalue weighted by Gasteiger charge is -2.26. The quantitative estimate of drug-likeness (QED) is 0.783. The van der Waals surface area contributed by atoms with Crippen molar-refractivity contribution in [1.29, 1.82) is 0 Å². The van der Waals surface area contributed by atoms with E-state index in [1.807, 2.05) is 6.92 Å². The van der Waals surface area contributed by atoms with Crippen LogP contribution >= 0.6 is 12.2 Å². The number of thiocarbonyl (C=S) groups is 1. The van der Waals surface area contributed by atoms with E-state index in [1.165, 1.54) is 4.31 Å². The van der Waals surface area contributed by atoms with Crippen LogP contribution in [0.3, 0.4) is 0 Å². The molecule has 1 heterocycles. The molecular weight excluding hydrogens is 334 g/mol. The van der Waals surface area contributed by atoms with Gasteiger partial charge in [-0.2, -0.15) is 4.31 Å². The van der Waals surface area contributed by atoms with Crippen molar-refractivity contribution >= 4 is 33.0 Å². The molecular formula is C15H23N3O3S2. The molecule has 8 heteroatoms. The normalized spacial score (nSPS) is 17.5. The van der Waals surface area contributed by atoms with Crippen molar-refractivity contribution in [3.8, 4) is 0 Å². The Morgan fingerprint density at radius 2 is 1.91 bits per heavy atom. The number of benzene rings is 1. The monoisotopic (exact) mass is 357 g/mol. The van der Waals surface area contributed by atoms with Gasteiger partial charge in [-0.15, -0.1) is 0 Å². The first-order chi connectivity index (χ1) is 10.9. The number of nitrogens with zero attached hydrogens (tertiary/aromatic N) is 1. The van der Waals surface area contributed by atoms with E-state index in [2.05, 4.69) is 17.6 Å². The van der Waals surface area contributed by atoms with Gasteiger partial charge in [-0.3, -0.25) is 0 Å². The second-order valence-corrected chi connectivity index (χ2v) is 7.79. The average Bonchev–Trinajstić information content (AvgIpc) is 2.56. The predicted molar refractivity (Wildman–Crippen MR) is 95.1 cm³/mol. The highest BCUT2D eigenvalue weighted by atomic mass is 32.2. The van der Waals surface area contributed by atoms with E-state index in [-0.39, 0.29) is 10.9 Å². The minimum absolute atomic E-state index is 0.283. The maximum atomic E-state index is 12.5. The topological polar surface area (TPSA) is 70.7 Å². The summed E-state index contributed by atoms with van der Waals surface area (Å²) in [6, 6.07) is 6.92. The summed E-state index contributed by atoms with van der Waals surface area (Å²) >= 11 is 5.22. The highest BCUT2D eigenvalue weighted by molar-refractivity contribution is 7.89. The highest BCUT2D eigenvalue weighted by Crippen LogP contribution is 2.19. The van der Waals surface area contributed by atoms with Crippen LogP contribution in [-0.2, 0) is 14.8 Å². The number of hydrogen-bond acceptors (Lipinski definition) is 4. The zero-order valence-electron chi connectivity index (χ0n) is 13.4. The number of morpholine rings is 1. The van der Waals surface area contributed by atoms with Crippen LogP contribution in [0, 0.1) is 0 Å². The van der Waals surface area contributed by atoms with Crippen molar-refractivity contribution in [2.45, 2.75) is 31.2 Å². The van der Waals surface area contributed by atoms with Gasteiger partial charge >= 0.3 is 0 Å². The number of hydrogen-bond donors (Lipinski definition) is 2. The number of rotatable bonds is 5. The van der Waals surface area contributed by atoms with Crippen LogP contribution in [0.25, 0.3) is 0 Å². The van der Waals surface area contributed by atoms with Crippen LogP contribution in [0.1, 0.15) is 20.3 Å². The van der Waals surface area contributed by atoms with Gasteiger partial charge in [0.05, 0.1) is 18.1 Å². The zero-order chi connectivity index (χ0) is 16.9. The third-order valence-corrected chi connectivity index (χ3v) is 5.84. The summed E-state index contributed by atoms with van der Waals surface area (Å²) in [5, 5.41) is 6.74. The van der Waals surface area contributed by atoms with E-state index in [0.717, 1.165) is 12.1 Å². The smallest absolute Gasteiger partial charge is 0.243 e. The molecule has 128 valence electrons. The molecule has 0 saturated carbocycles. The number of ether oxygens (including phenoxy) is 1. The maximum Gasteiger partial charge on any atom is 0.243 e. The van der Waals surface area contributed by atoms with E-state index in [0.29, 0.717) is 31.4 Å². The first-order valence-electron chi connectivity index (χ1n) is 7.69. The summed E-state index contributed by atoms with van der Waals surface area (Å²) in [7, 11) is -3.45. The second-order valence-electron chi connectivity index (χ2n) is 5.45. The average molecular weight is 358 g/mol. The first kappa shape index (κ1) is 18.1. The Morgan fingerprint density at radius 3 is 2.48 bits per heavy atom. The van der Waals surface area contributed by atoms with E-state index in [9.17, 15) is 8.42 Å². The molecule has 1 fully saturated rings. The third kappa shape index (κ3) is 4.87. The molecule has 0 aliphatic carbocycles. The summed E-state index contributed by atoms with van der Waals surface area (Å²) in [4.78, 5) is 0.283. The predicted octanol–water partition coefficient (Wildman–Crippen LogP) is 1.79. The van der Waals surface area contributed by atoms with Crippen LogP contribution in [0.15, 0.2) is 29.2 Å². The molecule has 1 saturated heterocycles. The standard InChI is InChI=1S/C15H23N3O3S2/c1-3-12(2)16-15(22)17-13-4-6-14(7-5-13)23(19,20)18-8-10-21-11-9-18/h4-7,12H,3,8-11H2,1-2H3,(H2,16,17,22). The molecule has 0 bridgehead atoms. The van der Waals surface area contributed by atoms with Gasteiger partial charge in [0.2, 0.25) is 10.0 Å². The summed E-state index contributed by atoms with van der Waals surface area (Å²) in [6.07, 6.45) is 0.971. The van der Waals surface area contributed by atoms with E-state index in [4.69, 9.17) is 17.0 Å². The zero-order valence-corrected chi connectivity index (χ0v) is 15.0. The Labute approximate surface area is 143 Å². The molecule has 0 amide bonds. The Kier molecular flexibility index (Phi) is 6.34. The van der Waals surface area contributed by atoms with Gasteiger partial charge in [-0.05, 0) is 49.8 Å². The van der Waals surface area contributed by atoms with Crippen molar-refractivity contribution in [2.75, 3.05) is 31.6 Å². The third-order valence-electron chi connectivity index (χ3n) is 3.71. The van der Waals surface area contributed by atoms with Gasteiger partial charge < -0.3 is 15.4 Å². The number of anilines is 1. The Bertz CT molecular complexity index is 626. The fourth-order valence-corrected chi connectivity index (χ4v) is 3.87. The van der Waals surface area contributed by atoms with Crippen LogP contribution < -0.4 is 10.6 Å². The van der Waals surface area contributed by atoms with Crippen molar-refractivity contribution < 1.29 is 13.2 Å². The Balaban J connectivity index is 2.02. The van der Waals surface area contributed by atoms with Crippen molar-refractivity contribution in [3.05, 3.63) is 24.3 Å². The molecule has 1 unspecified atom stereocenters. The van der Waals surface area contributed by atoms with Gasteiger partial charge in [0, 0.05) is 24.8 Å². The summed E-state index contributed by atoms with van der Waals surface area (Å²) in [6.45, 7) is 5.79. The van der Waals surface area contributed by atoms with Gasteiger partial charge in [-0.25, -0.2) is 8.42 Å². The summed E-state index contributed by atoms with van der Waals surface area (Å²) < 4.78 is 31.7. The second kappa shape index (κ2) is 8.05. The van der Waals surface area contributed by atoms with Crippen LogP contribution in [-0.4, -0.2) is 50.2 Å². The Morgan fingerprint density at radius 1 is 1.30 bits per heavy atom. The molecule has 1 aromatic rings. The van der Waals surface area contributed by atoms with Gasteiger partial charge in [0.25, 0.3) is 0 Å². The summed E-state index contributed by atoms with van der Waals surface area (Å²) in [5.74, 6) is 0. The maximum absolute atomic E-state index is 12.5. The number of nitrogens with one attached hydrogen (secondary N) is 2. The van der Waals surface area contributed by atoms with Crippen molar-refractivity contribution in [3.63, 3.8) is 0 Å². The number of sulfonamides is 1. The molecule has 2 rings (SSSR count). The molecule has 23 heavy (non-hydrogen) atoms. The fourth-order valence-electron chi connectivity index (χ4n) is 2.14. The first-order valence-corrected chi connectivity index (χ1v) is 9.54. The van der Waals surface area contributed by atoms with E-state index >= 15 is 0 Å². The molecule has 0 spiro atoms. The van der Waals surface area contributed by atoms with E-state index < -0.39 is 10.0 Å². The SMILES string of the molecule is CCC(C)NC(=S)Nc1ccc(S(=O)(=O)N2CCOCC2)cc1. The van der Waals surface area contributed by atoms with Crippen molar-refractivity contribution in [2.24, 2.45) is 0 Å². The molecule has 1 aliphatic rings. The van der Waals surface area contributed by atoms with E-state index in [1.54, 1.807) is 24.3 Å². The molecule has 6 nitrogen and oxygen atoms in total. The fraction of sp³-hybridized carbons (Fsp3) is 0.533. The molecule has 0 aromatic heterocycles. The lowest BCUT2D eigenvalue weighted by molar-refractivity contribution is 0.0730. The van der Waals surface area contributed by atoms with Gasteiger partial charge in [0.1, 0.15) is 0 Å². The minimum atomic E-state index is -3.45. The molecule has 1 aliphatic heterocycles. The van der Waals surface area contributed by atoms with Crippen LogP contribution in [0.2, 0.25) is 0 Å². The minimum Gasteiger partial charge on any atom is -0.379 e. The lowest BCUT2D eigenvalue weighted by atomic mass is 10.3. The lowest BCUT2D eigenvalue weighted by Crippen LogP contribution is -2.40. The van der Waals surface area contributed by atoms with Crippen LogP contribution in [0.5, 0.6) is 0 Å². The molecule has 1 aromatic carbocycles. The van der Waals surface area contributed by atoms with Gasteiger partial charge in [-0.1, -0.05) is 6.92 Å².